The number of hydrogen-bond acceptors (Lipinski definition) is 8. The lowest BCUT2D eigenvalue weighted by Gasteiger charge is -2.30. The number of carbonyl (C=O) groups excluding carboxylic acids is 3. The van der Waals surface area contributed by atoms with Gasteiger partial charge in [0.2, 0.25) is 0 Å². The number of ketones is 3. The minimum atomic E-state index is -1.54. The number of carbonyl (C=O) groups is 3. The molecule has 2 aromatic carbocycles. The van der Waals surface area contributed by atoms with Crippen LogP contribution < -0.4 is 10.1 Å². The maximum absolute atomic E-state index is 13.9. The standard InChI is InChI=1S/C28H27NO7/c1-13-24(32)22(15(3)30)26-23(25(13)33)28(4)20(36-26)11-18(31)21(27(28)34)14(2)29-12-19-17-8-6-5-7-16(17)9-10-35-19/h5-8,11,19,29,32-33H,9-10,12H2,1-4H3/b21-14+/t19-,28+/m1/s1. The summed E-state index contributed by atoms with van der Waals surface area (Å²) in [5.41, 5.74) is 1.05. The molecule has 3 aliphatic rings. The van der Waals surface area contributed by atoms with Crippen molar-refractivity contribution in [1.29, 1.82) is 0 Å². The maximum atomic E-state index is 13.9. The van der Waals surface area contributed by atoms with Crippen molar-refractivity contribution in [3.8, 4) is 17.2 Å². The number of benzene rings is 2. The van der Waals surface area contributed by atoms with Crippen LogP contribution in [0.25, 0.3) is 0 Å². The Hall–Kier alpha value is -3.91. The van der Waals surface area contributed by atoms with Gasteiger partial charge in [0.1, 0.15) is 34.0 Å². The van der Waals surface area contributed by atoms with E-state index in [9.17, 15) is 24.6 Å². The summed E-state index contributed by atoms with van der Waals surface area (Å²) in [5.74, 6) is -2.45. The normalized spacial score (nSPS) is 23.8. The van der Waals surface area contributed by atoms with E-state index >= 15 is 0 Å². The highest BCUT2D eigenvalue weighted by Crippen LogP contribution is 2.57. The van der Waals surface area contributed by atoms with E-state index < -0.39 is 28.5 Å². The summed E-state index contributed by atoms with van der Waals surface area (Å²) >= 11 is 0. The molecule has 2 atom stereocenters. The van der Waals surface area contributed by atoms with Crippen LogP contribution in [-0.2, 0) is 26.2 Å². The molecule has 0 bridgehead atoms. The van der Waals surface area contributed by atoms with Crippen LogP contribution in [0.1, 0.15) is 59.5 Å². The lowest BCUT2D eigenvalue weighted by molar-refractivity contribution is -0.123. The van der Waals surface area contributed by atoms with Crippen molar-refractivity contribution in [2.45, 2.75) is 45.6 Å². The molecule has 5 rings (SSSR count). The van der Waals surface area contributed by atoms with Crippen molar-refractivity contribution in [3.63, 3.8) is 0 Å². The quantitative estimate of drug-likeness (QED) is 0.339. The number of rotatable bonds is 4. The molecule has 0 aromatic heterocycles. The first kappa shape index (κ1) is 23.8. The Morgan fingerprint density at radius 2 is 1.89 bits per heavy atom. The number of Topliss-reactive ketones (excluding diaryl/α,β-unsaturated/α-hetero) is 2. The fraction of sp³-hybridized carbons (Fsp3) is 0.321. The first-order valence-corrected chi connectivity index (χ1v) is 11.8. The molecule has 2 aromatic rings. The number of allylic oxidation sites excluding steroid dienone is 4. The van der Waals surface area contributed by atoms with E-state index in [4.69, 9.17) is 9.47 Å². The van der Waals surface area contributed by atoms with Gasteiger partial charge in [0, 0.05) is 23.9 Å². The first-order valence-electron chi connectivity index (χ1n) is 11.8. The first-order chi connectivity index (χ1) is 17.1. The van der Waals surface area contributed by atoms with Gasteiger partial charge in [0.25, 0.3) is 0 Å². The molecule has 0 spiro atoms. The number of nitrogens with one attached hydrogen (secondary N) is 1. The molecule has 0 radical (unpaired) electrons. The zero-order valence-electron chi connectivity index (χ0n) is 20.5. The summed E-state index contributed by atoms with van der Waals surface area (Å²) in [5, 5.41) is 24.6. The van der Waals surface area contributed by atoms with Crippen molar-refractivity contribution < 1.29 is 34.1 Å². The van der Waals surface area contributed by atoms with Crippen LogP contribution in [-0.4, -0.2) is 40.7 Å². The smallest absolute Gasteiger partial charge is 0.194 e. The van der Waals surface area contributed by atoms with E-state index in [2.05, 4.69) is 11.4 Å². The Morgan fingerprint density at radius 1 is 1.17 bits per heavy atom. The summed E-state index contributed by atoms with van der Waals surface area (Å²) in [6.45, 7) is 6.85. The number of ether oxygens (including phenoxy) is 2. The van der Waals surface area contributed by atoms with Gasteiger partial charge in [-0.2, -0.15) is 0 Å². The topological polar surface area (TPSA) is 122 Å². The van der Waals surface area contributed by atoms with Crippen molar-refractivity contribution in [1.82, 2.24) is 5.32 Å². The molecule has 1 aliphatic carbocycles. The Balaban J connectivity index is 1.54. The van der Waals surface area contributed by atoms with Gasteiger partial charge in [-0.05, 0) is 45.2 Å². The van der Waals surface area contributed by atoms with Crippen LogP contribution in [0, 0.1) is 6.92 Å². The zero-order valence-corrected chi connectivity index (χ0v) is 20.5. The molecule has 0 saturated carbocycles. The van der Waals surface area contributed by atoms with Crippen molar-refractivity contribution >= 4 is 17.3 Å². The third-order valence-electron chi connectivity index (χ3n) is 7.40. The molecule has 2 heterocycles. The molecule has 36 heavy (non-hydrogen) atoms. The Labute approximate surface area is 208 Å². The van der Waals surface area contributed by atoms with Crippen molar-refractivity contribution in [3.05, 3.63) is 75.2 Å². The average Bonchev–Trinajstić information content (AvgIpc) is 3.14. The van der Waals surface area contributed by atoms with Crippen LogP contribution in [0.4, 0.5) is 0 Å². The SMILES string of the molecule is CC(=O)c1c(O)c(C)c(O)c2c1OC1=CC(=O)/C(=C(/C)NC[C@H]3OCCc4ccccc43)C(=O)[C@@]12C. The molecule has 3 N–H and O–H groups in total. The molecule has 0 fully saturated rings. The van der Waals surface area contributed by atoms with Crippen LogP contribution in [0.5, 0.6) is 17.2 Å². The average molecular weight is 490 g/mol. The van der Waals surface area contributed by atoms with Gasteiger partial charge in [-0.1, -0.05) is 24.3 Å². The van der Waals surface area contributed by atoms with E-state index in [0.29, 0.717) is 18.8 Å². The van der Waals surface area contributed by atoms with Gasteiger partial charge in [-0.25, -0.2) is 0 Å². The largest absolute Gasteiger partial charge is 0.507 e. The summed E-state index contributed by atoms with van der Waals surface area (Å²) < 4.78 is 11.7. The number of aromatic hydroxyl groups is 2. The number of phenols is 2. The van der Waals surface area contributed by atoms with Gasteiger partial charge in [-0.3, -0.25) is 14.4 Å². The lowest BCUT2D eigenvalue weighted by Crippen LogP contribution is -2.41. The van der Waals surface area contributed by atoms with E-state index in [1.165, 1.54) is 25.5 Å². The third kappa shape index (κ3) is 3.28. The minimum Gasteiger partial charge on any atom is -0.507 e. The number of phenolic OH excluding ortho intramolecular Hbond substituents is 2. The van der Waals surface area contributed by atoms with E-state index in [1.807, 2.05) is 18.2 Å². The summed E-state index contributed by atoms with van der Waals surface area (Å²) in [6, 6.07) is 8.01. The summed E-state index contributed by atoms with van der Waals surface area (Å²) in [7, 11) is 0. The highest BCUT2D eigenvalue weighted by molar-refractivity contribution is 6.31. The Morgan fingerprint density at radius 3 is 2.61 bits per heavy atom. The van der Waals surface area contributed by atoms with Crippen molar-refractivity contribution in [2.75, 3.05) is 13.2 Å². The molecule has 0 saturated heterocycles. The molecule has 0 amide bonds. The third-order valence-corrected chi connectivity index (χ3v) is 7.40. The van der Waals surface area contributed by atoms with Gasteiger partial charge in [0.15, 0.2) is 17.3 Å². The highest BCUT2D eigenvalue weighted by atomic mass is 16.5. The second-order valence-electron chi connectivity index (χ2n) is 9.58. The molecule has 186 valence electrons. The van der Waals surface area contributed by atoms with Crippen molar-refractivity contribution in [2.24, 2.45) is 0 Å². The summed E-state index contributed by atoms with van der Waals surface area (Å²) in [6.07, 6.45) is 1.81. The predicted molar refractivity (Wildman–Crippen MR) is 130 cm³/mol. The van der Waals surface area contributed by atoms with Gasteiger partial charge < -0.3 is 25.0 Å². The molecular weight excluding hydrogens is 462 g/mol. The second-order valence-corrected chi connectivity index (χ2v) is 9.58. The monoisotopic (exact) mass is 489 g/mol. The second kappa shape index (κ2) is 8.34. The zero-order chi connectivity index (χ0) is 25.9. The van der Waals surface area contributed by atoms with Gasteiger partial charge in [-0.15, -0.1) is 0 Å². The fourth-order valence-electron chi connectivity index (χ4n) is 5.34. The van der Waals surface area contributed by atoms with Crippen LogP contribution in [0.15, 0.2) is 47.4 Å². The maximum Gasteiger partial charge on any atom is 0.194 e. The van der Waals surface area contributed by atoms with Gasteiger partial charge in [0.05, 0.1) is 23.8 Å². The van der Waals surface area contributed by atoms with E-state index in [1.54, 1.807) is 13.8 Å². The molecule has 0 unspecified atom stereocenters. The van der Waals surface area contributed by atoms with E-state index in [0.717, 1.165) is 12.0 Å². The predicted octanol–water partition coefficient (Wildman–Crippen LogP) is 3.47. The Bertz CT molecular complexity index is 1420. The van der Waals surface area contributed by atoms with Crippen LogP contribution in [0.2, 0.25) is 0 Å². The number of fused-ring (bicyclic) bond motifs is 4. The Kier molecular flexibility index (Phi) is 5.52. The molecule has 8 nitrogen and oxygen atoms in total. The molecule has 2 aliphatic heterocycles. The van der Waals surface area contributed by atoms with Crippen LogP contribution >= 0.6 is 0 Å². The molecule has 8 heteroatoms. The lowest BCUT2D eigenvalue weighted by atomic mass is 9.70. The molecular formula is C28H27NO7. The van der Waals surface area contributed by atoms with Gasteiger partial charge >= 0.3 is 0 Å². The summed E-state index contributed by atoms with van der Waals surface area (Å²) in [4.78, 5) is 39.3. The number of hydrogen-bond donors (Lipinski definition) is 3. The van der Waals surface area contributed by atoms with E-state index in [-0.39, 0.29) is 45.6 Å². The fourth-order valence-corrected chi connectivity index (χ4v) is 5.34. The van der Waals surface area contributed by atoms with Crippen LogP contribution in [0.3, 0.4) is 0 Å². The minimum absolute atomic E-state index is 0.0105. The highest BCUT2D eigenvalue weighted by Gasteiger charge is 2.56.